The van der Waals surface area contributed by atoms with E-state index >= 15 is 0 Å². The number of nitrogens with one attached hydrogen (secondary N) is 1. The molecule has 3 aromatic rings. The van der Waals surface area contributed by atoms with Crippen LogP contribution in [-0.4, -0.2) is 5.84 Å². The summed E-state index contributed by atoms with van der Waals surface area (Å²) in [5, 5.41) is 3.53. The van der Waals surface area contributed by atoms with Crippen LogP contribution in [0, 0.1) is 0 Å². The number of hydrogen-bond donors (Lipinski definition) is 1. The molecule has 2 nitrogen and oxygen atoms in total. The largest absolute Gasteiger partial charge is 0.416 e. The second-order valence-corrected chi connectivity index (χ2v) is 7.16. The SMILES string of the molecule is FC(F)(F)c1ccc(CCC2=NC(c3ccccc3)C(c3ccccc3)N2)cc1. The number of benzene rings is 3. The van der Waals surface area contributed by atoms with E-state index < -0.39 is 11.7 Å². The van der Waals surface area contributed by atoms with Crippen LogP contribution in [0.2, 0.25) is 0 Å². The van der Waals surface area contributed by atoms with E-state index in [9.17, 15) is 13.2 Å². The van der Waals surface area contributed by atoms with Crippen LogP contribution in [0.1, 0.15) is 40.8 Å². The third kappa shape index (κ3) is 4.50. The molecule has 4 rings (SSSR count). The maximum Gasteiger partial charge on any atom is 0.416 e. The van der Waals surface area contributed by atoms with Gasteiger partial charge in [0, 0.05) is 6.42 Å². The van der Waals surface area contributed by atoms with Crippen LogP contribution in [0.3, 0.4) is 0 Å². The van der Waals surface area contributed by atoms with Crippen molar-refractivity contribution >= 4 is 5.84 Å². The molecular formula is C24H21F3N2. The molecule has 3 aromatic carbocycles. The predicted octanol–water partition coefficient (Wildman–Crippen LogP) is 6.12. The van der Waals surface area contributed by atoms with Crippen LogP contribution in [0.5, 0.6) is 0 Å². The quantitative estimate of drug-likeness (QED) is 0.554. The monoisotopic (exact) mass is 394 g/mol. The summed E-state index contributed by atoms with van der Waals surface area (Å²) in [6, 6.07) is 25.7. The fourth-order valence-electron chi connectivity index (χ4n) is 3.64. The van der Waals surface area contributed by atoms with Gasteiger partial charge in [0.1, 0.15) is 6.04 Å². The lowest BCUT2D eigenvalue weighted by atomic mass is 9.95. The van der Waals surface area contributed by atoms with Crippen LogP contribution in [0.25, 0.3) is 0 Å². The number of nitrogens with zero attached hydrogens (tertiary/aromatic N) is 1. The van der Waals surface area contributed by atoms with Crippen molar-refractivity contribution in [1.82, 2.24) is 5.32 Å². The highest BCUT2D eigenvalue weighted by atomic mass is 19.4. The molecule has 2 unspecified atom stereocenters. The number of aryl methyl sites for hydroxylation is 1. The maximum atomic E-state index is 12.7. The first-order valence-corrected chi connectivity index (χ1v) is 9.60. The van der Waals surface area contributed by atoms with Gasteiger partial charge in [0.2, 0.25) is 0 Å². The number of halogens is 3. The zero-order valence-electron chi connectivity index (χ0n) is 15.7. The van der Waals surface area contributed by atoms with E-state index in [1.54, 1.807) is 12.1 Å². The van der Waals surface area contributed by atoms with Crippen LogP contribution in [0.4, 0.5) is 13.2 Å². The van der Waals surface area contributed by atoms with Crippen LogP contribution in [-0.2, 0) is 12.6 Å². The third-order valence-corrected chi connectivity index (χ3v) is 5.16. The Kier molecular flexibility index (Phi) is 5.38. The average Bonchev–Trinajstić information content (AvgIpc) is 3.18. The van der Waals surface area contributed by atoms with Crippen LogP contribution >= 0.6 is 0 Å². The zero-order chi connectivity index (χ0) is 20.3. The molecule has 0 saturated heterocycles. The first kappa shape index (κ1) is 19.2. The Balaban J connectivity index is 1.50. The van der Waals surface area contributed by atoms with Gasteiger partial charge in [-0.2, -0.15) is 13.2 Å². The Morgan fingerprint density at radius 2 is 1.31 bits per heavy atom. The summed E-state index contributed by atoms with van der Waals surface area (Å²) in [6.07, 6.45) is -3.02. The van der Waals surface area contributed by atoms with E-state index in [4.69, 9.17) is 4.99 Å². The number of aliphatic imine (C=N–C) groups is 1. The Morgan fingerprint density at radius 3 is 1.90 bits per heavy atom. The van der Waals surface area contributed by atoms with Gasteiger partial charge in [0.05, 0.1) is 17.4 Å². The molecule has 0 radical (unpaired) electrons. The molecule has 148 valence electrons. The summed E-state index contributed by atoms with van der Waals surface area (Å²) in [5.74, 6) is 0.882. The van der Waals surface area contributed by atoms with E-state index in [1.807, 2.05) is 36.4 Å². The predicted molar refractivity (Wildman–Crippen MR) is 109 cm³/mol. The summed E-state index contributed by atoms with van der Waals surface area (Å²) >= 11 is 0. The van der Waals surface area contributed by atoms with E-state index in [0.717, 1.165) is 34.7 Å². The normalized spacial score (nSPS) is 18.9. The molecule has 0 bridgehead atoms. The lowest BCUT2D eigenvalue weighted by molar-refractivity contribution is -0.137. The molecule has 1 aliphatic heterocycles. The minimum atomic E-state index is -4.30. The summed E-state index contributed by atoms with van der Waals surface area (Å²) in [5.41, 5.74) is 2.54. The average molecular weight is 394 g/mol. The van der Waals surface area contributed by atoms with E-state index in [-0.39, 0.29) is 12.1 Å². The van der Waals surface area contributed by atoms with Crippen molar-refractivity contribution in [3.05, 3.63) is 107 Å². The van der Waals surface area contributed by atoms with Crippen molar-refractivity contribution in [2.45, 2.75) is 31.1 Å². The number of amidine groups is 1. The highest BCUT2D eigenvalue weighted by molar-refractivity contribution is 5.85. The molecule has 0 amide bonds. The van der Waals surface area contributed by atoms with Gasteiger partial charge in [-0.1, -0.05) is 72.8 Å². The van der Waals surface area contributed by atoms with Gasteiger partial charge in [0.25, 0.3) is 0 Å². The maximum absolute atomic E-state index is 12.7. The lowest BCUT2D eigenvalue weighted by Crippen LogP contribution is -2.24. The molecule has 0 aromatic heterocycles. The van der Waals surface area contributed by atoms with Gasteiger partial charge in [-0.05, 0) is 35.2 Å². The van der Waals surface area contributed by atoms with Crippen LogP contribution < -0.4 is 5.32 Å². The lowest BCUT2D eigenvalue weighted by Gasteiger charge is -2.19. The standard InChI is InChI=1S/C24H21F3N2/c25-24(26,27)20-14-11-17(12-15-20)13-16-21-28-22(18-7-3-1-4-8-18)23(29-21)19-9-5-2-6-10-19/h1-12,14-15,22-23H,13,16H2,(H,28,29). The van der Waals surface area contributed by atoms with Crippen molar-refractivity contribution in [3.8, 4) is 0 Å². The van der Waals surface area contributed by atoms with Crippen molar-refractivity contribution < 1.29 is 13.2 Å². The van der Waals surface area contributed by atoms with E-state index in [2.05, 4.69) is 29.6 Å². The molecular weight excluding hydrogens is 373 g/mol. The number of rotatable bonds is 5. The number of hydrogen-bond acceptors (Lipinski definition) is 2. The first-order chi connectivity index (χ1) is 14.0. The van der Waals surface area contributed by atoms with Crippen molar-refractivity contribution in [3.63, 3.8) is 0 Å². The fourth-order valence-corrected chi connectivity index (χ4v) is 3.64. The molecule has 29 heavy (non-hydrogen) atoms. The van der Waals surface area contributed by atoms with E-state index in [1.165, 1.54) is 0 Å². The topological polar surface area (TPSA) is 24.4 Å². The first-order valence-electron chi connectivity index (χ1n) is 9.60. The molecule has 2 atom stereocenters. The van der Waals surface area contributed by atoms with Crippen LogP contribution in [0.15, 0.2) is 89.9 Å². The molecule has 1 heterocycles. The Labute approximate surface area is 168 Å². The van der Waals surface area contributed by atoms with Gasteiger partial charge in [-0.3, -0.25) is 4.99 Å². The molecule has 0 fully saturated rings. The minimum absolute atomic E-state index is 0.0267. The van der Waals surface area contributed by atoms with E-state index in [0.29, 0.717) is 12.8 Å². The summed E-state index contributed by atoms with van der Waals surface area (Å²) in [6.45, 7) is 0. The highest BCUT2D eigenvalue weighted by Crippen LogP contribution is 2.36. The Hall–Kier alpha value is -3.08. The molecule has 0 saturated carbocycles. The Morgan fingerprint density at radius 1 is 0.724 bits per heavy atom. The number of alkyl halides is 3. The third-order valence-electron chi connectivity index (χ3n) is 5.16. The second-order valence-electron chi connectivity index (χ2n) is 7.16. The molecule has 0 aliphatic carbocycles. The van der Waals surface area contributed by atoms with Gasteiger partial charge in [-0.15, -0.1) is 0 Å². The fraction of sp³-hybridized carbons (Fsp3) is 0.208. The molecule has 1 N–H and O–H groups in total. The van der Waals surface area contributed by atoms with Gasteiger partial charge < -0.3 is 5.32 Å². The van der Waals surface area contributed by atoms with Crippen molar-refractivity contribution in [2.24, 2.45) is 4.99 Å². The van der Waals surface area contributed by atoms with Gasteiger partial charge in [0.15, 0.2) is 0 Å². The minimum Gasteiger partial charge on any atom is -0.364 e. The van der Waals surface area contributed by atoms with Crippen molar-refractivity contribution in [1.29, 1.82) is 0 Å². The molecule has 0 spiro atoms. The summed E-state index contributed by atoms with van der Waals surface area (Å²) in [7, 11) is 0. The Bertz CT molecular complexity index is 965. The summed E-state index contributed by atoms with van der Waals surface area (Å²) in [4.78, 5) is 4.91. The molecule has 5 heteroatoms. The van der Waals surface area contributed by atoms with Gasteiger partial charge in [-0.25, -0.2) is 0 Å². The summed E-state index contributed by atoms with van der Waals surface area (Å²) < 4.78 is 38.2. The zero-order valence-corrected chi connectivity index (χ0v) is 15.7. The molecule has 1 aliphatic rings. The smallest absolute Gasteiger partial charge is 0.364 e. The van der Waals surface area contributed by atoms with Gasteiger partial charge >= 0.3 is 6.18 Å². The second kappa shape index (κ2) is 8.11. The van der Waals surface area contributed by atoms with Crippen molar-refractivity contribution in [2.75, 3.05) is 0 Å². The highest BCUT2D eigenvalue weighted by Gasteiger charge is 2.31.